The first kappa shape index (κ1) is 20.3. The molecule has 2 aromatic rings. The number of urea groups is 1. The van der Waals surface area contributed by atoms with Crippen molar-refractivity contribution in [1.29, 1.82) is 0 Å². The van der Waals surface area contributed by atoms with Crippen molar-refractivity contribution < 1.29 is 24.4 Å². The molecule has 3 rings (SSSR count). The second kappa shape index (κ2) is 8.74. The number of nitrogens with one attached hydrogen (secondary N) is 1. The fourth-order valence-electron chi connectivity index (χ4n) is 2.90. The van der Waals surface area contributed by atoms with Gasteiger partial charge < -0.3 is 10.4 Å². The maximum absolute atomic E-state index is 12.4. The molecule has 0 aliphatic carbocycles. The standard InChI is InChI=1S/C19H17N3O6S/c23-17-16(29-14-8-4-7-13(11-14)22(27)28)15(18(24)25)21(17)19(26)20-10-9-12-5-2-1-3-6-12/h1-8,11,15-16H,9-10H2,(H,20,26)(H,24,25)/t15?,16-/m1/s1. The molecule has 0 aromatic heterocycles. The van der Waals surface area contributed by atoms with Crippen molar-refractivity contribution in [2.75, 3.05) is 6.54 Å². The lowest BCUT2D eigenvalue weighted by Gasteiger charge is -2.42. The number of nitrogens with zero attached hydrogens (tertiary/aromatic N) is 2. The summed E-state index contributed by atoms with van der Waals surface area (Å²) in [6.07, 6.45) is 0.540. The second-order valence-corrected chi connectivity index (χ2v) is 7.47. The van der Waals surface area contributed by atoms with E-state index in [1.54, 1.807) is 6.07 Å². The highest BCUT2D eigenvalue weighted by Gasteiger charge is 2.55. The Kier molecular flexibility index (Phi) is 6.13. The lowest BCUT2D eigenvalue weighted by molar-refractivity contribution is -0.385. The van der Waals surface area contributed by atoms with Crippen LogP contribution in [0, 0.1) is 10.1 Å². The number of amides is 3. The largest absolute Gasteiger partial charge is 0.480 e. The van der Waals surface area contributed by atoms with Crippen molar-refractivity contribution in [2.24, 2.45) is 0 Å². The number of nitro groups is 1. The van der Waals surface area contributed by atoms with Gasteiger partial charge in [-0.25, -0.2) is 14.5 Å². The minimum atomic E-state index is -1.34. The number of rotatable bonds is 7. The molecule has 1 aliphatic rings. The van der Waals surface area contributed by atoms with Gasteiger partial charge in [0.2, 0.25) is 5.91 Å². The van der Waals surface area contributed by atoms with E-state index >= 15 is 0 Å². The van der Waals surface area contributed by atoms with Gasteiger partial charge in [0, 0.05) is 23.6 Å². The molecule has 1 saturated heterocycles. The predicted octanol–water partition coefficient (Wildman–Crippen LogP) is 2.30. The Hall–Kier alpha value is -3.40. The van der Waals surface area contributed by atoms with Gasteiger partial charge in [0.05, 0.1) is 4.92 Å². The van der Waals surface area contributed by atoms with Crippen LogP contribution in [-0.4, -0.2) is 50.7 Å². The summed E-state index contributed by atoms with van der Waals surface area (Å²) >= 11 is 0.892. The van der Waals surface area contributed by atoms with Crippen LogP contribution in [0.2, 0.25) is 0 Å². The minimum Gasteiger partial charge on any atom is -0.480 e. The van der Waals surface area contributed by atoms with Gasteiger partial charge in [-0.1, -0.05) is 36.4 Å². The van der Waals surface area contributed by atoms with Gasteiger partial charge in [0.25, 0.3) is 5.69 Å². The van der Waals surface area contributed by atoms with E-state index < -0.39 is 34.1 Å². The van der Waals surface area contributed by atoms with Crippen LogP contribution in [0.15, 0.2) is 59.5 Å². The van der Waals surface area contributed by atoms with Crippen molar-refractivity contribution in [3.8, 4) is 0 Å². The van der Waals surface area contributed by atoms with Crippen molar-refractivity contribution >= 4 is 35.4 Å². The van der Waals surface area contributed by atoms with Gasteiger partial charge in [-0.05, 0) is 18.1 Å². The molecule has 1 unspecified atom stereocenters. The van der Waals surface area contributed by atoms with Gasteiger partial charge >= 0.3 is 12.0 Å². The summed E-state index contributed by atoms with van der Waals surface area (Å²) in [6.45, 7) is 0.252. The monoisotopic (exact) mass is 415 g/mol. The van der Waals surface area contributed by atoms with Gasteiger partial charge in [0.15, 0.2) is 6.04 Å². The maximum Gasteiger partial charge on any atom is 0.328 e. The normalized spacial score (nSPS) is 18.1. The molecule has 3 amide bonds. The van der Waals surface area contributed by atoms with Crippen LogP contribution in [0.1, 0.15) is 5.56 Å². The Balaban J connectivity index is 1.63. The number of β-lactam (4-membered cyclic amide) rings is 1. The van der Waals surface area contributed by atoms with Gasteiger partial charge in [-0.3, -0.25) is 14.9 Å². The molecule has 1 aliphatic heterocycles. The summed E-state index contributed by atoms with van der Waals surface area (Å²) < 4.78 is 0. The number of carboxylic acid groups (broad SMARTS) is 1. The molecule has 0 bridgehead atoms. The summed E-state index contributed by atoms with van der Waals surface area (Å²) in [4.78, 5) is 47.7. The number of benzene rings is 2. The Morgan fingerprint density at radius 1 is 1.17 bits per heavy atom. The van der Waals surface area contributed by atoms with Crippen molar-refractivity contribution in [3.05, 3.63) is 70.3 Å². The van der Waals surface area contributed by atoms with Crippen LogP contribution in [-0.2, 0) is 16.0 Å². The number of hydrogen-bond acceptors (Lipinski definition) is 6. The lowest BCUT2D eigenvalue weighted by Crippen LogP contribution is -2.70. The fraction of sp³-hybridized carbons (Fsp3) is 0.211. The Bertz CT molecular complexity index is 952. The number of thioether (sulfide) groups is 1. The van der Waals surface area contributed by atoms with E-state index in [1.165, 1.54) is 18.2 Å². The zero-order chi connectivity index (χ0) is 21.0. The zero-order valence-electron chi connectivity index (χ0n) is 15.1. The molecule has 150 valence electrons. The van der Waals surface area contributed by atoms with Crippen LogP contribution in [0.5, 0.6) is 0 Å². The molecule has 1 heterocycles. The molecule has 9 nitrogen and oxygen atoms in total. The first-order valence-corrected chi connectivity index (χ1v) is 9.55. The molecular weight excluding hydrogens is 398 g/mol. The third kappa shape index (κ3) is 4.54. The summed E-state index contributed by atoms with van der Waals surface area (Å²) in [5.41, 5.74) is 0.834. The third-order valence-electron chi connectivity index (χ3n) is 4.34. The molecule has 0 radical (unpaired) electrons. The number of nitro benzene ring substituents is 1. The zero-order valence-corrected chi connectivity index (χ0v) is 15.9. The lowest BCUT2D eigenvalue weighted by atomic mass is 10.0. The summed E-state index contributed by atoms with van der Waals surface area (Å²) in [7, 11) is 0. The van der Waals surface area contributed by atoms with E-state index in [2.05, 4.69) is 5.32 Å². The van der Waals surface area contributed by atoms with Crippen molar-refractivity contribution in [1.82, 2.24) is 10.2 Å². The molecule has 0 saturated carbocycles. The Morgan fingerprint density at radius 2 is 1.90 bits per heavy atom. The Morgan fingerprint density at radius 3 is 2.55 bits per heavy atom. The Labute approximate surface area is 169 Å². The van der Waals surface area contributed by atoms with Crippen LogP contribution in [0.25, 0.3) is 0 Å². The van der Waals surface area contributed by atoms with Crippen LogP contribution < -0.4 is 5.32 Å². The summed E-state index contributed by atoms with van der Waals surface area (Å²) in [5, 5.41) is 21.9. The molecule has 1 fully saturated rings. The van der Waals surface area contributed by atoms with E-state index in [1.807, 2.05) is 30.3 Å². The first-order chi connectivity index (χ1) is 13.9. The number of carbonyl (C=O) groups excluding carboxylic acids is 2. The SMILES string of the molecule is O=C(O)C1[C@@H](Sc2cccc([N+](=O)[O-])c2)C(=O)N1C(=O)NCCc1ccccc1. The third-order valence-corrected chi connectivity index (χ3v) is 5.58. The molecule has 2 aromatic carbocycles. The number of carbonyl (C=O) groups is 3. The highest BCUT2D eigenvalue weighted by atomic mass is 32.2. The fourth-order valence-corrected chi connectivity index (χ4v) is 4.12. The number of hydrogen-bond donors (Lipinski definition) is 2. The molecule has 29 heavy (non-hydrogen) atoms. The van der Waals surface area contributed by atoms with Crippen LogP contribution in [0.3, 0.4) is 0 Å². The second-order valence-electron chi connectivity index (χ2n) is 6.25. The average molecular weight is 415 g/mol. The highest BCUT2D eigenvalue weighted by molar-refractivity contribution is 8.00. The van der Waals surface area contributed by atoms with Gasteiger partial charge in [0.1, 0.15) is 5.25 Å². The van der Waals surface area contributed by atoms with Crippen molar-refractivity contribution in [3.63, 3.8) is 0 Å². The van der Waals surface area contributed by atoms with Gasteiger partial charge in [-0.15, -0.1) is 11.8 Å². The molecular formula is C19H17N3O6S. The predicted molar refractivity (Wildman–Crippen MR) is 105 cm³/mol. The van der Waals surface area contributed by atoms with E-state index in [0.29, 0.717) is 16.2 Å². The number of carboxylic acids is 1. The highest BCUT2D eigenvalue weighted by Crippen LogP contribution is 2.37. The molecule has 10 heteroatoms. The number of non-ortho nitro benzene ring substituents is 1. The maximum atomic E-state index is 12.4. The van der Waals surface area contributed by atoms with Crippen molar-refractivity contribution in [2.45, 2.75) is 22.6 Å². The molecule has 2 atom stereocenters. The average Bonchev–Trinajstić information content (AvgIpc) is 2.70. The van der Waals surface area contributed by atoms with E-state index in [4.69, 9.17) is 0 Å². The van der Waals surface area contributed by atoms with Crippen LogP contribution >= 0.6 is 11.8 Å². The molecule has 0 spiro atoms. The van der Waals surface area contributed by atoms with Gasteiger partial charge in [-0.2, -0.15) is 0 Å². The van der Waals surface area contributed by atoms with E-state index in [0.717, 1.165) is 17.3 Å². The smallest absolute Gasteiger partial charge is 0.328 e. The van der Waals surface area contributed by atoms with E-state index in [-0.39, 0.29) is 12.2 Å². The topological polar surface area (TPSA) is 130 Å². The summed E-state index contributed by atoms with van der Waals surface area (Å²) in [5.74, 6) is -1.96. The first-order valence-electron chi connectivity index (χ1n) is 8.67. The number of imide groups is 1. The van der Waals surface area contributed by atoms with Crippen LogP contribution in [0.4, 0.5) is 10.5 Å². The number of aliphatic carboxylic acids is 1. The number of likely N-dealkylation sites (tertiary alicyclic amines) is 1. The van der Waals surface area contributed by atoms with E-state index in [9.17, 15) is 29.6 Å². The quantitative estimate of drug-likeness (QED) is 0.403. The summed E-state index contributed by atoms with van der Waals surface area (Å²) in [6, 6.07) is 12.8. The molecule has 2 N–H and O–H groups in total. The minimum absolute atomic E-state index is 0.163.